The van der Waals surface area contributed by atoms with Crippen LogP contribution in [0.5, 0.6) is 5.75 Å². The third-order valence-electron chi connectivity index (χ3n) is 7.22. The van der Waals surface area contributed by atoms with E-state index in [1.165, 1.54) is 31.4 Å². The molecule has 10 nitrogen and oxygen atoms in total. The summed E-state index contributed by atoms with van der Waals surface area (Å²) in [6, 6.07) is 18.0. The average molecular weight is 565 g/mol. The molecule has 1 amide bonds. The number of carbonyl (C=O) groups excluding carboxylic acids is 2. The highest BCUT2D eigenvalue weighted by atomic mass is 16.5. The van der Waals surface area contributed by atoms with Gasteiger partial charge in [-0.2, -0.15) is 0 Å². The number of carbonyl (C=O) groups is 2. The summed E-state index contributed by atoms with van der Waals surface area (Å²) in [5.41, 5.74) is 11.4. The highest BCUT2D eigenvalue weighted by molar-refractivity contribution is 6.45. The number of nitrogens with zero attached hydrogens (tertiary/aromatic N) is 4. The fourth-order valence-corrected chi connectivity index (χ4v) is 5.20. The zero-order valence-corrected chi connectivity index (χ0v) is 23.5. The second-order valence-electron chi connectivity index (χ2n) is 9.94. The molecular weight excluding hydrogens is 532 g/mol. The summed E-state index contributed by atoms with van der Waals surface area (Å²) in [5, 5.41) is 10.1. The predicted octanol–water partition coefficient (Wildman–Crippen LogP) is 4.41. The number of amides is 1. The van der Waals surface area contributed by atoms with Crippen LogP contribution in [0.25, 0.3) is 16.5 Å². The molecule has 1 fully saturated rings. The van der Waals surface area contributed by atoms with Crippen molar-refractivity contribution in [3.8, 4) is 5.75 Å². The smallest absolute Gasteiger partial charge is 0.295 e. The van der Waals surface area contributed by atoms with Crippen LogP contribution in [-0.2, 0) is 11.4 Å². The van der Waals surface area contributed by atoms with E-state index in [4.69, 9.17) is 10.5 Å². The number of aliphatic hydroxyl groups is 1. The largest absolute Gasteiger partial charge is 0.494 e. The number of rotatable bonds is 8. The van der Waals surface area contributed by atoms with E-state index in [1.54, 1.807) is 11.8 Å². The highest BCUT2D eigenvalue weighted by Crippen LogP contribution is 2.35. The van der Waals surface area contributed by atoms with E-state index in [1.807, 2.05) is 42.5 Å². The summed E-state index contributed by atoms with van der Waals surface area (Å²) in [4.78, 5) is 44.1. The number of likely N-dealkylation sites (tertiary alicyclic amines) is 1. The maximum Gasteiger partial charge on any atom is 0.295 e. The van der Waals surface area contributed by atoms with Crippen LogP contribution < -0.4 is 10.5 Å². The summed E-state index contributed by atoms with van der Waals surface area (Å²) in [6.45, 7) is 2.40. The first-order valence-electron chi connectivity index (χ1n) is 13.6. The Labute approximate surface area is 243 Å². The topological polar surface area (TPSA) is 146 Å². The zero-order valence-electron chi connectivity index (χ0n) is 23.5. The molecule has 2 aromatic heterocycles. The maximum atomic E-state index is 13.5. The third-order valence-corrected chi connectivity index (χ3v) is 7.22. The maximum absolute atomic E-state index is 13.5. The van der Waals surface area contributed by atoms with Gasteiger partial charge in [-0.25, -0.2) is 15.0 Å². The molecule has 0 bridgehead atoms. The lowest BCUT2D eigenvalue weighted by molar-refractivity contribution is -0.126. The minimum atomic E-state index is -0.636. The lowest BCUT2D eigenvalue weighted by Gasteiger charge is -2.30. The summed E-state index contributed by atoms with van der Waals surface area (Å²) < 4.78 is 5.46. The summed E-state index contributed by atoms with van der Waals surface area (Å²) >= 11 is 0. The molecular formula is C32H32N6O4. The second kappa shape index (κ2) is 12.6. The Hall–Kier alpha value is -5.09. The number of fused-ring (bicyclic) bond motifs is 1. The fraction of sp³-hybridized carbons (Fsp3) is 0.219. The Morgan fingerprint density at radius 3 is 2.55 bits per heavy atom. The van der Waals surface area contributed by atoms with Crippen LogP contribution in [0.15, 0.2) is 82.5 Å². The number of benzene rings is 2. The van der Waals surface area contributed by atoms with Gasteiger partial charge < -0.3 is 25.5 Å². The van der Waals surface area contributed by atoms with Crippen LogP contribution in [0, 0.1) is 0 Å². The first-order valence-corrected chi connectivity index (χ1v) is 13.6. The van der Waals surface area contributed by atoms with Crippen molar-refractivity contribution in [1.29, 1.82) is 0 Å². The number of hydrogen-bond donors (Lipinski definition) is 3. The molecule has 0 radical (unpaired) electrons. The molecule has 0 atom stereocenters. The zero-order chi connectivity index (χ0) is 29.6. The number of pyridine rings is 1. The van der Waals surface area contributed by atoms with Gasteiger partial charge in [0.1, 0.15) is 12.1 Å². The highest BCUT2D eigenvalue weighted by Gasteiger charge is 2.30. The van der Waals surface area contributed by atoms with Crippen molar-refractivity contribution in [3.63, 3.8) is 0 Å². The first-order chi connectivity index (χ1) is 20.4. The number of aliphatic imine (C=N–C) groups is 2. The molecule has 1 saturated heterocycles. The number of aromatic nitrogens is 2. The number of nitrogens with two attached hydrogens (primary N) is 1. The van der Waals surface area contributed by atoms with Crippen molar-refractivity contribution in [2.45, 2.75) is 26.4 Å². The van der Waals surface area contributed by atoms with Gasteiger partial charge in [0.05, 0.1) is 42.2 Å². The molecule has 0 spiro atoms. The standard InChI is InChI=1S/C32H32N6O4/c1-20(33)36-19-37-31-29-28(26(42-2)17-35-31)25(16-34-29)30(40)32(41)38-13-11-23(12-14-38)27(22-8-4-3-5-9-22)24-10-6-7-21(15-24)18-39/h3-10,15-17,19,34,39H,11-14,18H2,1-2H3,(H2,33,35,36,37). The third kappa shape index (κ3) is 5.84. The number of ketones is 1. The molecule has 3 heterocycles. The molecule has 0 aliphatic carbocycles. The van der Waals surface area contributed by atoms with E-state index >= 15 is 0 Å². The van der Waals surface area contributed by atoms with E-state index in [0.29, 0.717) is 48.4 Å². The van der Waals surface area contributed by atoms with Crippen molar-refractivity contribution in [1.82, 2.24) is 14.9 Å². The van der Waals surface area contributed by atoms with E-state index in [0.717, 1.165) is 22.3 Å². The van der Waals surface area contributed by atoms with Gasteiger partial charge in [-0.15, -0.1) is 0 Å². The number of aromatic amines is 1. The van der Waals surface area contributed by atoms with Crippen molar-refractivity contribution in [2.75, 3.05) is 20.2 Å². The van der Waals surface area contributed by atoms with Gasteiger partial charge in [-0.05, 0) is 48.1 Å². The molecule has 1 aliphatic rings. The molecule has 2 aromatic carbocycles. The number of nitrogens with one attached hydrogen (secondary N) is 1. The quantitative estimate of drug-likeness (QED) is 0.125. The van der Waals surface area contributed by atoms with Crippen molar-refractivity contribution in [2.24, 2.45) is 15.7 Å². The molecule has 10 heteroatoms. The Bertz CT molecular complexity index is 1710. The Kier molecular flexibility index (Phi) is 8.54. The van der Waals surface area contributed by atoms with Gasteiger partial charge in [-0.1, -0.05) is 54.1 Å². The van der Waals surface area contributed by atoms with Gasteiger partial charge >= 0.3 is 0 Å². The molecule has 42 heavy (non-hydrogen) atoms. The van der Waals surface area contributed by atoms with Crippen LogP contribution in [-0.4, -0.2) is 64.0 Å². The average Bonchev–Trinajstić information content (AvgIpc) is 3.47. The van der Waals surface area contributed by atoms with Crippen molar-refractivity contribution < 1.29 is 19.4 Å². The van der Waals surface area contributed by atoms with Gasteiger partial charge in [0.2, 0.25) is 0 Å². The molecule has 5 rings (SSSR count). The number of hydrogen-bond acceptors (Lipinski definition) is 6. The Balaban J connectivity index is 1.41. The van der Waals surface area contributed by atoms with Crippen LogP contribution in [0.2, 0.25) is 0 Å². The van der Waals surface area contributed by atoms with E-state index in [2.05, 4.69) is 32.1 Å². The molecule has 214 valence electrons. The van der Waals surface area contributed by atoms with E-state index in [9.17, 15) is 14.7 Å². The number of amidine groups is 1. The van der Waals surface area contributed by atoms with Crippen molar-refractivity contribution in [3.05, 3.63) is 94.8 Å². The molecule has 4 aromatic rings. The molecule has 0 unspecified atom stereocenters. The first kappa shape index (κ1) is 28.4. The van der Waals surface area contributed by atoms with E-state index < -0.39 is 11.7 Å². The lowest BCUT2D eigenvalue weighted by Crippen LogP contribution is -2.40. The minimum Gasteiger partial charge on any atom is -0.494 e. The van der Waals surface area contributed by atoms with Gasteiger partial charge in [0.25, 0.3) is 11.7 Å². The number of methoxy groups -OCH3 is 1. The van der Waals surface area contributed by atoms with E-state index in [-0.39, 0.29) is 18.0 Å². The van der Waals surface area contributed by atoms with Crippen molar-refractivity contribution >= 4 is 46.2 Å². The second-order valence-corrected chi connectivity index (χ2v) is 9.94. The SMILES string of the molecule is COc1cnc(N=CN=C(C)N)c2[nH]cc(C(=O)C(=O)N3CCC(=C(c4ccccc4)c4cccc(CO)c4)CC3)c12. The lowest BCUT2D eigenvalue weighted by atomic mass is 9.87. The van der Waals surface area contributed by atoms with Crippen LogP contribution >= 0.6 is 0 Å². The minimum absolute atomic E-state index is 0.0422. The molecule has 4 N–H and O–H groups in total. The van der Waals surface area contributed by atoms with Crippen LogP contribution in [0.4, 0.5) is 5.82 Å². The molecule has 0 saturated carbocycles. The Morgan fingerprint density at radius 1 is 1.12 bits per heavy atom. The monoisotopic (exact) mass is 564 g/mol. The summed E-state index contributed by atoms with van der Waals surface area (Å²) in [7, 11) is 1.48. The Morgan fingerprint density at radius 2 is 1.86 bits per heavy atom. The summed E-state index contributed by atoms with van der Waals surface area (Å²) in [6.07, 6.45) is 5.46. The van der Waals surface area contributed by atoms with Crippen LogP contribution in [0.1, 0.15) is 46.8 Å². The fourth-order valence-electron chi connectivity index (χ4n) is 5.20. The molecule has 1 aliphatic heterocycles. The number of ether oxygens (including phenoxy) is 1. The summed E-state index contributed by atoms with van der Waals surface area (Å²) in [5.74, 6) is -0.241. The number of aliphatic hydroxyl groups excluding tert-OH is 1. The number of H-pyrrole nitrogens is 1. The normalized spacial score (nSPS) is 14.0. The van der Waals surface area contributed by atoms with Gasteiger partial charge in [-0.3, -0.25) is 9.59 Å². The van der Waals surface area contributed by atoms with Gasteiger partial charge in [0, 0.05) is 19.3 Å². The number of Topliss-reactive ketones (excluding diaryl/α,β-unsaturated/α-hetero) is 1. The predicted molar refractivity (Wildman–Crippen MR) is 163 cm³/mol. The van der Waals surface area contributed by atoms with Gasteiger partial charge in [0.15, 0.2) is 5.82 Å². The van der Waals surface area contributed by atoms with Crippen LogP contribution in [0.3, 0.4) is 0 Å². The number of piperidine rings is 1.